The number of nitrogens with one attached hydrogen (secondary N) is 2. The summed E-state index contributed by atoms with van der Waals surface area (Å²) in [7, 11) is 0. The first kappa shape index (κ1) is 19.0. The lowest BCUT2D eigenvalue weighted by Gasteiger charge is -2.35. The number of rotatable bonds is 7. The standard InChI is InChI=1S/C18H24F3N3O2/c19-18(20,21)16(24-9-7-22-8-10-24)11-23-17(25)14-3-1-2-4-15(14)26-12-13-5-6-13/h1-4,13,16,22H,5-12H2,(H,23,25). The van der Waals surface area contributed by atoms with E-state index in [0.29, 0.717) is 44.5 Å². The third-order valence-electron chi connectivity index (χ3n) is 4.73. The molecule has 1 saturated carbocycles. The van der Waals surface area contributed by atoms with Crippen LogP contribution >= 0.6 is 0 Å². The van der Waals surface area contributed by atoms with Gasteiger partial charge >= 0.3 is 6.18 Å². The minimum atomic E-state index is -4.40. The van der Waals surface area contributed by atoms with Crippen LogP contribution in [-0.4, -0.2) is 62.4 Å². The fourth-order valence-corrected chi connectivity index (χ4v) is 3.00. The van der Waals surface area contributed by atoms with E-state index < -0.39 is 24.7 Å². The fraction of sp³-hybridized carbons (Fsp3) is 0.611. The molecule has 0 radical (unpaired) electrons. The number of hydrogen-bond donors (Lipinski definition) is 2. The van der Waals surface area contributed by atoms with Gasteiger partial charge in [0, 0.05) is 32.7 Å². The molecular weight excluding hydrogens is 347 g/mol. The van der Waals surface area contributed by atoms with E-state index in [2.05, 4.69) is 10.6 Å². The minimum absolute atomic E-state index is 0.273. The lowest BCUT2D eigenvalue weighted by atomic mass is 10.1. The molecule has 26 heavy (non-hydrogen) atoms. The molecule has 1 unspecified atom stereocenters. The van der Waals surface area contributed by atoms with E-state index in [9.17, 15) is 18.0 Å². The first-order valence-corrected chi connectivity index (χ1v) is 8.96. The van der Waals surface area contributed by atoms with Gasteiger partial charge < -0.3 is 15.4 Å². The van der Waals surface area contributed by atoms with E-state index in [0.717, 1.165) is 12.8 Å². The number of amides is 1. The summed E-state index contributed by atoms with van der Waals surface area (Å²) in [6.07, 6.45) is -2.16. The Morgan fingerprint density at radius 3 is 2.62 bits per heavy atom. The summed E-state index contributed by atoms with van der Waals surface area (Å²) < 4.78 is 45.9. The van der Waals surface area contributed by atoms with Crippen LogP contribution in [-0.2, 0) is 0 Å². The van der Waals surface area contributed by atoms with Gasteiger partial charge in [-0.2, -0.15) is 13.2 Å². The monoisotopic (exact) mass is 371 g/mol. The number of benzene rings is 1. The van der Waals surface area contributed by atoms with Crippen molar-refractivity contribution in [3.05, 3.63) is 29.8 Å². The first-order chi connectivity index (χ1) is 12.4. The Morgan fingerprint density at radius 1 is 1.27 bits per heavy atom. The number of para-hydroxylation sites is 1. The Bertz CT molecular complexity index is 614. The molecule has 8 heteroatoms. The van der Waals surface area contributed by atoms with Crippen LogP contribution in [0.25, 0.3) is 0 Å². The van der Waals surface area contributed by atoms with Gasteiger partial charge in [-0.25, -0.2) is 0 Å². The fourth-order valence-electron chi connectivity index (χ4n) is 3.00. The lowest BCUT2D eigenvalue weighted by molar-refractivity contribution is -0.183. The van der Waals surface area contributed by atoms with Gasteiger partial charge in [0.1, 0.15) is 11.8 Å². The van der Waals surface area contributed by atoms with Crippen LogP contribution in [0.1, 0.15) is 23.2 Å². The molecule has 0 bridgehead atoms. The van der Waals surface area contributed by atoms with Gasteiger partial charge in [-0.05, 0) is 30.9 Å². The maximum Gasteiger partial charge on any atom is 0.405 e. The molecule has 144 valence electrons. The number of alkyl halides is 3. The van der Waals surface area contributed by atoms with Crippen molar-refractivity contribution in [2.75, 3.05) is 39.3 Å². The SMILES string of the molecule is O=C(NCC(N1CCNCC1)C(F)(F)F)c1ccccc1OCC1CC1. The van der Waals surface area contributed by atoms with E-state index in [1.165, 1.54) is 4.90 Å². The smallest absolute Gasteiger partial charge is 0.405 e. The number of carbonyl (C=O) groups excluding carboxylic acids is 1. The third kappa shape index (κ3) is 5.11. The topological polar surface area (TPSA) is 53.6 Å². The molecule has 2 fully saturated rings. The van der Waals surface area contributed by atoms with Crippen molar-refractivity contribution < 1.29 is 22.7 Å². The predicted octanol–water partition coefficient (Wildman–Crippen LogP) is 2.04. The quantitative estimate of drug-likeness (QED) is 0.770. The third-order valence-corrected chi connectivity index (χ3v) is 4.73. The second-order valence-electron chi connectivity index (χ2n) is 6.80. The molecule has 1 aliphatic heterocycles. The van der Waals surface area contributed by atoms with Crippen LogP contribution in [0.15, 0.2) is 24.3 Å². The van der Waals surface area contributed by atoms with Crippen LogP contribution in [0.2, 0.25) is 0 Å². The molecule has 0 spiro atoms. The molecule has 1 atom stereocenters. The van der Waals surface area contributed by atoms with E-state index in [4.69, 9.17) is 4.74 Å². The van der Waals surface area contributed by atoms with Crippen molar-refractivity contribution in [3.8, 4) is 5.75 Å². The van der Waals surface area contributed by atoms with Crippen LogP contribution in [0, 0.1) is 5.92 Å². The van der Waals surface area contributed by atoms with Gasteiger partial charge in [0.2, 0.25) is 0 Å². The molecular formula is C18H24F3N3O2. The van der Waals surface area contributed by atoms with Gasteiger partial charge in [0.15, 0.2) is 0 Å². The highest BCUT2D eigenvalue weighted by Gasteiger charge is 2.43. The van der Waals surface area contributed by atoms with Crippen molar-refractivity contribution in [2.45, 2.75) is 25.1 Å². The number of halogens is 3. The predicted molar refractivity (Wildman–Crippen MR) is 91.3 cm³/mol. The number of nitrogens with zero attached hydrogens (tertiary/aromatic N) is 1. The summed E-state index contributed by atoms with van der Waals surface area (Å²) in [4.78, 5) is 13.8. The average molecular weight is 371 g/mol. The summed E-state index contributed by atoms with van der Waals surface area (Å²) in [5, 5.41) is 5.48. The Kier molecular flexibility index (Phi) is 6.03. The summed E-state index contributed by atoms with van der Waals surface area (Å²) in [5.41, 5.74) is 0.273. The molecule has 1 aliphatic carbocycles. The van der Waals surface area contributed by atoms with Gasteiger partial charge in [0.25, 0.3) is 5.91 Å². The highest BCUT2D eigenvalue weighted by Crippen LogP contribution is 2.30. The van der Waals surface area contributed by atoms with Crippen LogP contribution in [0.3, 0.4) is 0 Å². The number of carbonyl (C=O) groups is 1. The van der Waals surface area contributed by atoms with Gasteiger partial charge in [-0.15, -0.1) is 0 Å². The number of hydrogen-bond acceptors (Lipinski definition) is 4. The lowest BCUT2D eigenvalue weighted by Crippen LogP contribution is -2.57. The Hall–Kier alpha value is -1.80. The van der Waals surface area contributed by atoms with Gasteiger partial charge in [0.05, 0.1) is 12.2 Å². The highest BCUT2D eigenvalue weighted by molar-refractivity contribution is 5.96. The summed E-state index contributed by atoms with van der Waals surface area (Å²) >= 11 is 0. The van der Waals surface area contributed by atoms with Crippen LogP contribution in [0.4, 0.5) is 13.2 Å². The largest absolute Gasteiger partial charge is 0.492 e. The first-order valence-electron chi connectivity index (χ1n) is 8.96. The number of piperazine rings is 1. The molecule has 2 aliphatic rings. The van der Waals surface area contributed by atoms with Crippen molar-refractivity contribution >= 4 is 5.91 Å². The molecule has 1 heterocycles. The van der Waals surface area contributed by atoms with Gasteiger partial charge in [-0.1, -0.05) is 12.1 Å². The maximum absolute atomic E-state index is 13.4. The Morgan fingerprint density at radius 2 is 1.96 bits per heavy atom. The zero-order chi connectivity index (χ0) is 18.6. The van der Waals surface area contributed by atoms with E-state index in [1.54, 1.807) is 24.3 Å². The van der Waals surface area contributed by atoms with Crippen molar-refractivity contribution in [1.29, 1.82) is 0 Å². The maximum atomic E-state index is 13.4. The highest BCUT2D eigenvalue weighted by atomic mass is 19.4. The van der Waals surface area contributed by atoms with Crippen molar-refractivity contribution in [2.24, 2.45) is 5.92 Å². The molecule has 1 aromatic rings. The molecule has 3 rings (SSSR count). The second kappa shape index (κ2) is 8.26. The normalized spacial score (nSPS) is 19.8. The zero-order valence-corrected chi connectivity index (χ0v) is 14.5. The summed E-state index contributed by atoms with van der Waals surface area (Å²) in [6.45, 7) is 1.70. The molecule has 5 nitrogen and oxygen atoms in total. The zero-order valence-electron chi connectivity index (χ0n) is 14.5. The Labute approximate surface area is 150 Å². The molecule has 0 aromatic heterocycles. The summed E-state index contributed by atoms with van der Waals surface area (Å²) in [6, 6.07) is 4.99. The molecule has 1 saturated heterocycles. The molecule has 2 N–H and O–H groups in total. The summed E-state index contributed by atoms with van der Waals surface area (Å²) in [5.74, 6) is 0.400. The van der Waals surface area contributed by atoms with E-state index >= 15 is 0 Å². The Balaban J connectivity index is 1.62. The van der Waals surface area contributed by atoms with Crippen molar-refractivity contribution in [1.82, 2.24) is 15.5 Å². The molecule has 1 amide bonds. The van der Waals surface area contributed by atoms with E-state index in [-0.39, 0.29) is 5.56 Å². The van der Waals surface area contributed by atoms with E-state index in [1.807, 2.05) is 0 Å². The van der Waals surface area contributed by atoms with Gasteiger partial charge in [-0.3, -0.25) is 9.69 Å². The number of ether oxygens (including phenoxy) is 1. The van der Waals surface area contributed by atoms with Crippen LogP contribution in [0.5, 0.6) is 5.75 Å². The van der Waals surface area contributed by atoms with Crippen molar-refractivity contribution in [3.63, 3.8) is 0 Å². The van der Waals surface area contributed by atoms with Crippen LogP contribution < -0.4 is 15.4 Å². The molecule has 1 aromatic carbocycles. The second-order valence-corrected chi connectivity index (χ2v) is 6.80. The minimum Gasteiger partial charge on any atom is -0.492 e. The average Bonchev–Trinajstić information content (AvgIpc) is 3.44.